The molecule has 200 valence electrons. The van der Waals surface area contributed by atoms with Crippen molar-refractivity contribution in [3.05, 3.63) is 88.6 Å². The number of carbonyl (C=O) groups is 1. The van der Waals surface area contributed by atoms with Crippen LogP contribution in [0.5, 0.6) is 0 Å². The standard InChI is InChI=1S/C29H34ClN5O2S/c1-37-19-7-13-31-28(36)25-12-5-10-24(20-25)22-38-29-32-26(30)21-27(33-29)35-17-15-34(16-18-35)14-6-11-23-8-3-2-4-9-23/h2-6,8-12,20-21H,7,13-19,22H2,1H3,(H,31,36). The minimum absolute atomic E-state index is 0.0797. The average Bonchev–Trinajstić information content (AvgIpc) is 2.95. The Morgan fingerprint density at radius 3 is 2.68 bits per heavy atom. The van der Waals surface area contributed by atoms with Gasteiger partial charge in [-0.3, -0.25) is 9.69 Å². The van der Waals surface area contributed by atoms with Crippen molar-refractivity contribution in [2.45, 2.75) is 17.3 Å². The molecule has 1 saturated heterocycles. The van der Waals surface area contributed by atoms with Crippen LogP contribution in [-0.2, 0) is 10.5 Å². The van der Waals surface area contributed by atoms with Crippen LogP contribution < -0.4 is 10.2 Å². The van der Waals surface area contributed by atoms with Crippen LogP contribution in [0.4, 0.5) is 5.82 Å². The van der Waals surface area contributed by atoms with E-state index < -0.39 is 0 Å². The quantitative estimate of drug-likeness (QED) is 0.147. The van der Waals surface area contributed by atoms with Crippen LogP contribution >= 0.6 is 23.4 Å². The molecular formula is C29H34ClN5O2S. The van der Waals surface area contributed by atoms with Crippen LogP contribution in [0.15, 0.2) is 71.9 Å². The number of halogens is 1. The maximum Gasteiger partial charge on any atom is 0.251 e. The van der Waals surface area contributed by atoms with Gasteiger partial charge in [0.15, 0.2) is 5.16 Å². The zero-order chi connectivity index (χ0) is 26.6. The van der Waals surface area contributed by atoms with E-state index in [2.05, 4.69) is 56.5 Å². The van der Waals surface area contributed by atoms with Gasteiger partial charge >= 0.3 is 0 Å². The number of aromatic nitrogens is 2. The van der Waals surface area contributed by atoms with Crippen molar-refractivity contribution < 1.29 is 9.53 Å². The predicted molar refractivity (Wildman–Crippen MR) is 156 cm³/mol. The monoisotopic (exact) mass is 551 g/mol. The molecule has 0 bridgehead atoms. The molecule has 0 spiro atoms. The van der Waals surface area contributed by atoms with Crippen molar-refractivity contribution in [3.8, 4) is 0 Å². The van der Waals surface area contributed by atoms with E-state index in [1.54, 1.807) is 7.11 Å². The van der Waals surface area contributed by atoms with E-state index in [1.165, 1.54) is 17.3 Å². The van der Waals surface area contributed by atoms with Crippen molar-refractivity contribution in [3.63, 3.8) is 0 Å². The molecule has 38 heavy (non-hydrogen) atoms. The molecule has 4 rings (SSSR count). The fraction of sp³-hybridized carbons (Fsp3) is 0.345. The molecule has 2 heterocycles. The highest BCUT2D eigenvalue weighted by molar-refractivity contribution is 7.98. The van der Waals surface area contributed by atoms with Crippen molar-refractivity contribution in [2.75, 3.05) is 57.9 Å². The molecule has 0 saturated carbocycles. The Morgan fingerprint density at radius 2 is 1.89 bits per heavy atom. The van der Waals surface area contributed by atoms with Crippen LogP contribution in [0.25, 0.3) is 6.08 Å². The van der Waals surface area contributed by atoms with Crippen LogP contribution in [0, 0.1) is 0 Å². The Kier molecular flexibility index (Phi) is 11.0. The third kappa shape index (κ3) is 8.84. The Morgan fingerprint density at radius 1 is 1.08 bits per heavy atom. The SMILES string of the molecule is COCCCNC(=O)c1cccc(CSc2nc(Cl)cc(N3CCN(CC=Cc4ccccc4)CC3)n2)c1. The van der Waals surface area contributed by atoms with Gasteiger partial charge in [-0.1, -0.05) is 78.0 Å². The minimum atomic E-state index is -0.0797. The molecule has 0 unspecified atom stereocenters. The van der Waals surface area contributed by atoms with E-state index in [0.717, 1.165) is 50.5 Å². The van der Waals surface area contributed by atoms with Crippen LogP contribution in [0.3, 0.4) is 0 Å². The molecule has 9 heteroatoms. The molecule has 1 aliphatic heterocycles. The summed E-state index contributed by atoms with van der Waals surface area (Å²) in [7, 11) is 1.66. The number of rotatable bonds is 12. The fourth-order valence-electron chi connectivity index (χ4n) is 4.14. The number of benzene rings is 2. The van der Waals surface area contributed by atoms with E-state index in [9.17, 15) is 4.79 Å². The average molecular weight is 552 g/mol. The molecule has 1 fully saturated rings. The van der Waals surface area contributed by atoms with Gasteiger partial charge in [0.25, 0.3) is 5.91 Å². The van der Waals surface area contributed by atoms with Gasteiger partial charge in [-0.25, -0.2) is 9.97 Å². The summed E-state index contributed by atoms with van der Waals surface area (Å²) in [6.45, 7) is 5.84. The Balaban J connectivity index is 1.28. The number of hydrogen-bond donors (Lipinski definition) is 1. The van der Waals surface area contributed by atoms with E-state index >= 15 is 0 Å². The largest absolute Gasteiger partial charge is 0.385 e. The number of methoxy groups -OCH3 is 1. The lowest BCUT2D eigenvalue weighted by Crippen LogP contribution is -2.46. The van der Waals surface area contributed by atoms with E-state index in [1.807, 2.05) is 36.4 Å². The molecule has 3 aromatic rings. The first-order chi connectivity index (χ1) is 18.6. The number of carbonyl (C=O) groups excluding carboxylic acids is 1. The third-order valence-corrected chi connectivity index (χ3v) is 7.31. The van der Waals surface area contributed by atoms with Crippen molar-refractivity contribution >= 4 is 41.2 Å². The van der Waals surface area contributed by atoms with Crippen molar-refractivity contribution in [1.82, 2.24) is 20.2 Å². The van der Waals surface area contributed by atoms with Crippen LogP contribution in [0.2, 0.25) is 5.15 Å². The summed E-state index contributed by atoms with van der Waals surface area (Å²) < 4.78 is 5.03. The van der Waals surface area contributed by atoms with Crippen molar-refractivity contribution in [2.24, 2.45) is 0 Å². The zero-order valence-corrected chi connectivity index (χ0v) is 23.3. The highest BCUT2D eigenvalue weighted by atomic mass is 35.5. The molecule has 0 atom stereocenters. The molecule has 0 radical (unpaired) electrons. The summed E-state index contributed by atoms with van der Waals surface area (Å²) >= 11 is 7.89. The molecule has 1 aromatic heterocycles. The van der Waals surface area contributed by atoms with Gasteiger partial charge in [-0.05, 0) is 29.7 Å². The first-order valence-electron chi connectivity index (χ1n) is 12.8. The van der Waals surface area contributed by atoms with Gasteiger partial charge in [-0.2, -0.15) is 0 Å². The molecule has 2 aromatic carbocycles. The highest BCUT2D eigenvalue weighted by Crippen LogP contribution is 2.25. The number of nitrogens with zero attached hydrogens (tertiary/aromatic N) is 4. The highest BCUT2D eigenvalue weighted by Gasteiger charge is 2.19. The smallest absolute Gasteiger partial charge is 0.251 e. The number of hydrogen-bond acceptors (Lipinski definition) is 7. The normalized spacial score (nSPS) is 14.2. The second-order valence-electron chi connectivity index (χ2n) is 9.02. The summed E-state index contributed by atoms with van der Waals surface area (Å²) in [6, 6.07) is 19.9. The molecule has 1 amide bonds. The van der Waals surface area contributed by atoms with E-state index in [4.69, 9.17) is 21.3 Å². The summed E-state index contributed by atoms with van der Waals surface area (Å²) in [5, 5.41) is 4.00. The zero-order valence-electron chi connectivity index (χ0n) is 21.7. The maximum atomic E-state index is 12.4. The van der Waals surface area contributed by atoms with Gasteiger partial charge in [-0.15, -0.1) is 0 Å². The Bertz CT molecular complexity index is 1200. The summed E-state index contributed by atoms with van der Waals surface area (Å²) in [5.41, 5.74) is 2.89. The minimum Gasteiger partial charge on any atom is -0.385 e. The lowest BCUT2D eigenvalue weighted by molar-refractivity contribution is 0.0948. The lowest BCUT2D eigenvalue weighted by atomic mass is 10.1. The number of nitrogens with one attached hydrogen (secondary N) is 1. The van der Waals surface area contributed by atoms with Crippen LogP contribution in [0.1, 0.15) is 27.9 Å². The maximum absolute atomic E-state index is 12.4. The molecule has 7 nitrogen and oxygen atoms in total. The summed E-state index contributed by atoms with van der Waals surface area (Å²) in [6.07, 6.45) is 5.18. The lowest BCUT2D eigenvalue weighted by Gasteiger charge is -2.35. The number of anilines is 1. The van der Waals surface area contributed by atoms with Crippen molar-refractivity contribution in [1.29, 1.82) is 0 Å². The van der Waals surface area contributed by atoms with Gasteiger partial charge in [0.2, 0.25) is 0 Å². The molecular weight excluding hydrogens is 518 g/mol. The number of piperazine rings is 1. The molecule has 0 aliphatic carbocycles. The van der Waals surface area contributed by atoms with Gasteiger partial charge in [0.1, 0.15) is 11.0 Å². The molecule has 1 N–H and O–H groups in total. The third-order valence-electron chi connectivity index (χ3n) is 6.20. The summed E-state index contributed by atoms with van der Waals surface area (Å²) in [4.78, 5) is 26.3. The second-order valence-corrected chi connectivity index (χ2v) is 10.4. The summed E-state index contributed by atoms with van der Waals surface area (Å²) in [5.74, 6) is 1.42. The van der Waals surface area contributed by atoms with Crippen LogP contribution in [-0.4, -0.2) is 73.8 Å². The number of amides is 1. The first-order valence-corrected chi connectivity index (χ1v) is 14.2. The number of ether oxygens (including phenoxy) is 1. The van der Waals surface area contributed by atoms with Gasteiger partial charge < -0.3 is 15.0 Å². The van der Waals surface area contributed by atoms with Gasteiger partial charge in [0.05, 0.1) is 0 Å². The predicted octanol–water partition coefficient (Wildman–Crippen LogP) is 5.02. The topological polar surface area (TPSA) is 70.6 Å². The second kappa shape index (κ2) is 14.9. The van der Waals surface area contributed by atoms with Gasteiger partial charge in [0, 0.05) is 70.4 Å². The Hall–Kier alpha value is -2.91. The first kappa shape index (κ1) is 28.1. The van der Waals surface area contributed by atoms with E-state index in [-0.39, 0.29) is 5.91 Å². The fourth-order valence-corrected chi connectivity index (χ4v) is 5.17. The Labute approximate surface area is 234 Å². The van der Waals surface area contributed by atoms with E-state index in [0.29, 0.717) is 34.8 Å². The number of thioether (sulfide) groups is 1. The molecule has 1 aliphatic rings.